The molecule has 0 saturated carbocycles. The second-order valence-electron chi connectivity index (χ2n) is 4.96. The highest BCUT2D eigenvalue weighted by Gasteiger charge is 2.07. The van der Waals surface area contributed by atoms with Gasteiger partial charge >= 0.3 is 0 Å². The van der Waals surface area contributed by atoms with Crippen LogP contribution in [0.1, 0.15) is 33.0 Å². The minimum Gasteiger partial charge on any atom is -0.307 e. The van der Waals surface area contributed by atoms with E-state index in [1.807, 2.05) is 28.8 Å². The van der Waals surface area contributed by atoms with Gasteiger partial charge in [0.2, 0.25) is 0 Å². The van der Waals surface area contributed by atoms with Crippen LogP contribution in [-0.2, 0) is 6.54 Å². The van der Waals surface area contributed by atoms with Crippen LogP contribution in [0.4, 0.5) is 0 Å². The Bertz CT molecular complexity index is 475. The van der Waals surface area contributed by atoms with Gasteiger partial charge in [-0.05, 0) is 31.4 Å². The molecule has 0 aliphatic heterocycles. The van der Waals surface area contributed by atoms with Crippen molar-refractivity contribution in [1.29, 1.82) is 0 Å². The lowest BCUT2D eigenvalue weighted by Gasteiger charge is -2.15. The van der Waals surface area contributed by atoms with Gasteiger partial charge in [-0.2, -0.15) is 0 Å². The first-order valence-electron chi connectivity index (χ1n) is 6.19. The molecule has 2 aromatic rings. The minimum absolute atomic E-state index is 0.506. The molecule has 0 aliphatic rings. The Morgan fingerprint density at radius 1 is 1.24 bits per heavy atom. The highest BCUT2D eigenvalue weighted by molar-refractivity contribution is 5.36. The number of fused-ring (bicyclic) bond motifs is 1. The number of nitrogens with one attached hydrogen (secondary N) is 1. The topological polar surface area (TPSA) is 42.2 Å². The lowest BCUT2D eigenvalue weighted by Crippen LogP contribution is -2.27. The molecule has 1 N–H and O–H groups in total. The molecule has 92 valence electrons. The van der Waals surface area contributed by atoms with Gasteiger partial charge in [-0.1, -0.05) is 19.9 Å². The fourth-order valence-electron chi connectivity index (χ4n) is 2.07. The van der Waals surface area contributed by atoms with Crippen LogP contribution in [0, 0.1) is 5.92 Å². The van der Waals surface area contributed by atoms with E-state index >= 15 is 0 Å². The summed E-state index contributed by atoms with van der Waals surface area (Å²) in [5.41, 5.74) is 0.904. The smallest absolute Gasteiger partial charge is 0.160 e. The van der Waals surface area contributed by atoms with Gasteiger partial charge in [0, 0.05) is 12.2 Å². The first kappa shape index (κ1) is 12.0. The first-order chi connectivity index (χ1) is 8.16. The molecule has 2 heterocycles. The molecule has 0 radical (unpaired) electrons. The maximum absolute atomic E-state index is 4.20. The molecule has 0 bridgehead atoms. The number of rotatable bonds is 5. The summed E-state index contributed by atoms with van der Waals surface area (Å²) < 4.78 is 2.02. The Morgan fingerprint density at radius 2 is 2.06 bits per heavy atom. The normalized spacial score (nSPS) is 13.4. The zero-order valence-corrected chi connectivity index (χ0v) is 10.7. The highest BCUT2D eigenvalue weighted by atomic mass is 15.3. The summed E-state index contributed by atoms with van der Waals surface area (Å²) in [5, 5.41) is 11.8. The summed E-state index contributed by atoms with van der Waals surface area (Å²) in [4.78, 5) is 0. The molecule has 0 saturated heterocycles. The van der Waals surface area contributed by atoms with E-state index in [2.05, 4.69) is 36.3 Å². The van der Waals surface area contributed by atoms with E-state index in [9.17, 15) is 0 Å². The van der Waals surface area contributed by atoms with Crippen molar-refractivity contribution in [2.24, 2.45) is 5.92 Å². The predicted octanol–water partition coefficient (Wildman–Crippen LogP) is 2.25. The van der Waals surface area contributed by atoms with Gasteiger partial charge < -0.3 is 5.32 Å². The Hall–Kier alpha value is -1.42. The van der Waals surface area contributed by atoms with Gasteiger partial charge in [-0.3, -0.25) is 4.40 Å². The molecule has 2 rings (SSSR count). The minimum atomic E-state index is 0.506. The van der Waals surface area contributed by atoms with Crippen LogP contribution in [0.25, 0.3) is 5.65 Å². The van der Waals surface area contributed by atoms with Gasteiger partial charge in [0.25, 0.3) is 0 Å². The molecular formula is C13H20N4. The summed E-state index contributed by atoms with van der Waals surface area (Å²) in [6.45, 7) is 7.46. The largest absolute Gasteiger partial charge is 0.307 e. The molecule has 17 heavy (non-hydrogen) atoms. The van der Waals surface area contributed by atoms with Gasteiger partial charge in [0.05, 0.1) is 6.54 Å². The van der Waals surface area contributed by atoms with Gasteiger partial charge in [0.1, 0.15) is 0 Å². The number of pyridine rings is 1. The van der Waals surface area contributed by atoms with Crippen molar-refractivity contribution < 1.29 is 0 Å². The van der Waals surface area contributed by atoms with E-state index in [1.165, 1.54) is 6.42 Å². The average molecular weight is 232 g/mol. The van der Waals surface area contributed by atoms with Gasteiger partial charge in [-0.15, -0.1) is 10.2 Å². The number of nitrogens with zero attached hydrogens (tertiary/aromatic N) is 3. The molecule has 0 fully saturated rings. The Balaban J connectivity index is 1.99. The van der Waals surface area contributed by atoms with Crippen molar-refractivity contribution in [3.8, 4) is 0 Å². The van der Waals surface area contributed by atoms with Crippen LogP contribution in [0.2, 0.25) is 0 Å². The predicted molar refractivity (Wildman–Crippen MR) is 68.7 cm³/mol. The maximum Gasteiger partial charge on any atom is 0.160 e. The van der Waals surface area contributed by atoms with Gasteiger partial charge in [0.15, 0.2) is 11.5 Å². The number of hydrogen-bond acceptors (Lipinski definition) is 3. The molecule has 1 unspecified atom stereocenters. The Morgan fingerprint density at radius 3 is 2.82 bits per heavy atom. The van der Waals surface area contributed by atoms with E-state index < -0.39 is 0 Å². The monoisotopic (exact) mass is 232 g/mol. The summed E-state index contributed by atoms with van der Waals surface area (Å²) in [5.74, 6) is 1.68. The van der Waals surface area contributed by atoms with Gasteiger partial charge in [-0.25, -0.2) is 0 Å². The van der Waals surface area contributed by atoms with E-state index in [4.69, 9.17) is 0 Å². The van der Waals surface area contributed by atoms with Crippen LogP contribution in [0.5, 0.6) is 0 Å². The Labute approximate surface area is 102 Å². The van der Waals surface area contributed by atoms with Crippen molar-refractivity contribution in [3.63, 3.8) is 0 Å². The third kappa shape index (κ3) is 3.03. The lowest BCUT2D eigenvalue weighted by atomic mass is 10.1. The molecule has 2 aromatic heterocycles. The number of hydrogen-bond donors (Lipinski definition) is 1. The van der Waals surface area contributed by atoms with E-state index in [0.717, 1.165) is 18.0 Å². The molecule has 4 nitrogen and oxygen atoms in total. The van der Waals surface area contributed by atoms with Crippen molar-refractivity contribution in [2.45, 2.75) is 39.8 Å². The number of aromatic nitrogens is 3. The highest BCUT2D eigenvalue weighted by Crippen LogP contribution is 2.06. The van der Waals surface area contributed by atoms with Crippen molar-refractivity contribution in [3.05, 3.63) is 30.2 Å². The molecular weight excluding hydrogens is 212 g/mol. The summed E-state index contributed by atoms with van der Waals surface area (Å²) in [6.07, 6.45) is 3.18. The second kappa shape index (κ2) is 5.27. The van der Waals surface area contributed by atoms with Crippen LogP contribution < -0.4 is 5.32 Å². The molecule has 0 spiro atoms. The second-order valence-corrected chi connectivity index (χ2v) is 4.96. The fraction of sp³-hybridized carbons (Fsp3) is 0.538. The maximum atomic E-state index is 4.20. The standard InChI is InChI=1S/C13H20N4/c1-10(2)8-11(3)14-9-13-16-15-12-6-4-5-7-17(12)13/h4-7,10-11,14H,8-9H2,1-3H3. The quantitative estimate of drug-likeness (QED) is 0.859. The zero-order valence-electron chi connectivity index (χ0n) is 10.7. The first-order valence-corrected chi connectivity index (χ1v) is 6.19. The summed E-state index contributed by atoms with van der Waals surface area (Å²) in [7, 11) is 0. The molecule has 0 aliphatic carbocycles. The van der Waals surface area contributed by atoms with Crippen LogP contribution in [0.15, 0.2) is 24.4 Å². The van der Waals surface area contributed by atoms with E-state index in [-0.39, 0.29) is 0 Å². The van der Waals surface area contributed by atoms with E-state index in [1.54, 1.807) is 0 Å². The van der Waals surface area contributed by atoms with Crippen molar-refractivity contribution in [1.82, 2.24) is 19.9 Å². The molecule has 1 atom stereocenters. The Kier molecular flexibility index (Phi) is 3.74. The third-order valence-electron chi connectivity index (χ3n) is 2.82. The summed E-state index contributed by atoms with van der Waals surface area (Å²) in [6, 6.07) is 6.44. The molecule has 0 amide bonds. The summed E-state index contributed by atoms with van der Waals surface area (Å²) >= 11 is 0. The van der Waals surface area contributed by atoms with Crippen molar-refractivity contribution in [2.75, 3.05) is 0 Å². The van der Waals surface area contributed by atoms with Crippen molar-refractivity contribution >= 4 is 5.65 Å². The third-order valence-corrected chi connectivity index (χ3v) is 2.82. The van der Waals surface area contributed by atoms with E-state index in [0.29, 0.717) is 12.0 Å². The van der Waals surface area contributed by atoms with Crippen LogP contribution in [-0.4, -0.2) is 20.6 Å². The fourth-order valence-corrected chi connectivity index (χ4v) is 2.07. The van der Waals surface area contributed by atoms with Crippen LogP contribution >= 0.6 is 0 Å². The zero-order chi connectivity index (χ0) is 12.3. The average Bonchev–Trinajstić information content (AvgIpc) is 2.69. The lowest BCUT2D eigenvalue weighted by molar-refractivity contribution is 0.436. The van der Waals surface area contributed by atoms with Crippen LogP contribution in [0.3, 0.4) is 0 Å². The molecule has 0 aromatic carbocycles. The SMILES string of the molecule is CC(C)CC(C)NCc1nnc2ccccn12. The molecule has 4 heteroatoms.